The van der Waals surface area contributed by atoms with E-state index in [0.717, 1.165) is 63.2 Å². The number of hydrogen-bond donors (Lipinski definition) is 1. The first-order valence-electron chi connectivity index (χ1n) is 14.9. The summed E-state index contributed by atoms with van der Waals surface area (Å²) in [4.78, 5) is 28.9. The Morgan fingerprint density at radius 1 is 1.00 bits per heavy atom. The predicted octanol–water partition coefficient (Wildman–Crippen LogP) is 4.18. The van der Waals surface area contributed by atoms with Crippen molar-refractivity contribution in [2.24, 2.45) is 11.8 Å². The molecular formula is C32H37N7O4. The average Bonchev–Trinajstić information content (AvgIpc) is 3.62. The van der Waals surface area contributed by atoms with E-state index in [4.69, 9.17) is 19.2 Å². The van der Waals surface area contributed by atoms with E-state index < -0.39 is 0 Å². The number of rotatable bonds is 10. The highest BCUT2D eigenvalue weighted by molar-refractivity contribution is 5.95. The highest BCUT2D eigenvalue weighted by Crippen LogP contribution is 2.26. The molecule has 0 bridgehead atoms. The monoisotopic (exact) mass is 583 g/mol. The van der Waals surface area contributed by atoms with Gasteiger partial charge in [-0.3, -0.25) is 4.79 Å². The van der Waals surface area contributed by atoms with Crippen molar-refractivity contribution < 1.29 is 19.0 Å². The van der Waals surface area contributed by atoms with Gasteiger partial charge in [-0.15, -0.1) is 0 Å². The average molecular weight is 584 g/mol. The van der Waals surface area contributed by atoms with Gasteiger partial charge in [0.25, 0.3) is 5.91 Å². The van der Waals surface area contributed by atoms with Crippen molar-refractivity contribution >= 4 is 11.9 Å². The zero-order valence-corrected chi connectivity index (χ0v) is 24.4. The molecule has 4 heterocycles. The lowest BCUT2D eigenvalue weighted by atomic mass is 9.97. The van der Waals surface area contributed by atoms with E-state index in [9.17, 15) is 4.79 Å². The van der Waals surface area contributed by atoms with Crippen LogP contribution in [0, 0.1) is 11.8 Å². The number of nitrogens with zero attached hydrogens (tertiary/aromatic N) is 6. The lowest BCUT2D eigenvalue weighted by molar-refractivity contribution is 0.0497. The quantitative estimate of drug-likeness (QED) is 0.293. The summed E-state index contributed by atoms with van der Waals surface area (Å²) in [6.07, 6.45) is 9.06. The maximum atomic E-state index is 13.1. The zero-order chi connectivity index (χ0) is 29.4. The maximum Gasteiger partial charge on any atom is 0.251 e. The zero-order valence-electron chi connectivity index (χ0n) is 24.4. The van der Waals surface area contributed by atoms with Crippen LogP contribution in [-0.4, -0.2) is 77.2 Å². The van der Waals surface area contributed by atoms with E-state index in [1.165, 1.54) is 0 Å². The Bertz CT molecular complexity index is 1500. The Morgan fingerprint density at radius 3 is 2.63 bits per heavy atom. The third kappa shape index (κ3) is 7.29. The Balaban J connectivity index is 1.02. The van der Waals surface area contributed by atoms with Gasteiger partial charge in [0.15, 0.2) is 5.82 Å². The van der Waals surface area contributed by atoms with E-state index >= 15 is 0 Å². The molecule has 2 aromatic heterocycles. The highest BCUT2D eigenvalue weighted by Gasteiger charge is 2.23. The summed E-state index contributed by atoms with van der Waals surface area (Å²) in [5.41, 5.74) is 2.39. The van der Waals surface area contributed by atoms with Crippen LogP contribution in [-0.2, 0) is 4.74 Å². The summed E-state index contributed by atoms with van der Waals surface area (Å²) < 4.78 is 18.7. The molecule has 2 aliphatic heterocycles. The maximum absolute atomic E-state index is 13.1. The van der Waals surface area contributed by atoms with E-state index in [1.807, 2.05) is 47.3 Å². The van der Waals surface area contributed by atoms with E-state index in [0.29, 0.717) is 53.8 Å². The molecule has 0 spiro atoms. The molecule has 4 aromatic rings. The van der Waals surface area contributed by atoms with E-state index in [1.54, 1.807) is 31.8 Å². The van der Waals surface area contributed by atoms with Gasteiger partial charge in [-0.1, -0.05) is 12.1 Å². The molecular weight excluding hydrogens is 546 g/mol. The molecule has 2 aromatic carbocycles. The number of piperidine rings is 1. The van der Waals surface area contributed by atoms with Crippen LogP contribution in [0.15, 0.2) is 67.3 Å². The summed E-state index contributed by atoms with van der Waals surface area (Å²) in [6, 6.07) is 15.2. The molecule has 11 heteroatoms. The third-order valence-electron chi connectivity index (χ3n) is 8.09. The SMILES string of the molecule is COc1cc(OCC2CCOCC2)cc(C(=O)NCC2CCN(c3ncnc(-c4cccc(-n5cccn5)c4)n3)CC2)c1. The number of aromatic nitrogens is 5. The fourth-order valence-corrected chi connectivity index (χ4v) is 5.50. The van der Waals surface area contributed by atoms with Gasteiger partial charge in [0.1, 0.15) is 17.8 Å². The van der Waals surface area contributed by atoms with Crippen molar-refractivity contribution in [3.8, 4) is 28.6 Å². The fraction of sp³-hybridized carbons (Fsp3) is 0.406. The smallest absolute Gasteiger partial charge is 0.251 e. The number of carbonyl (C=O) groups excluding carboxylic acids is 1. The van der Waals surface area contributed by atoms with Crippen molar-refractivity contribution in [2.45, 2.75) is 25.7 Å². The normalized spacial score (nSPS) is 16.2. The van der Waals surface area contributed by atoms with E-state index in [2.05, 4.69) is 25.3 Å². The van der Waals surface area contributed by atoms with Crippen LogP contribution in [0.1, 0.15) is 36.0 Å². The van der Waals surface area contributed by atoms with Crippen LogP contribution >= 0.6 is 0 Å². The standard InChI is InChI=1S/C32H37N7O4/c1-41-28-17-26(18-29(19-28)43-21-24-8-14-42-15-9-24)31(40)33-20-23-6-12-38(13-7-23)32-35-22-34-30(37-32)25-4-2-5-27(16-25)39-11-3-10-36-39/h2-5,10-11,16-19,22-24H,6-9,12-15,20-21H2,1H3,(H,33,40). The first-order chi connectivity index (χ1) is 21.1. The number of amides is 1. The molecule has 6 rings (SSSR count). The number of ether oxygens (including phenoxy) is 3. The first kappa shape index (κ1) is 28.6. The van der Waals surface area contributed by atoms with Crippen molar-refractivity contribution in [2.75, 3.05) is 51.5 Å². The van der Waals surface area contributed by atoms with Crippen LogP contribution in [0.2, 0.25) is 0 Å². The summed E-state index contributed by atoms with van der Waals surface area (Å²) in [5, 5.41) is 7.43. The van der Waals surface area contributed by atoms with Gasteiger partial charge >= 0.3 is 0 Å². The van der Waals surface area contributed by atoms with Crippen LogP contribution in [0.25, 0.3) is 17.1 Å². The third-order valence-corrected chi connectivity index (χ3v) is 8.09. The van der Waals surface area contributed by atoms with Crippen molar-refractivity contribution in [1.82, 2.24) is 30.0 Å². The second kappa shape index (κ2) is 13.6. The Hall–Kier alpha value is -4.51. The largest absolute Gasteiger partial charge is 0.497 e. The molecule has 0 saturated carbocycles. The number of benzene rings is 2. The van der Waals surface area contributed by atoms with Gasteiger partial charge in [-0.2, -0.15) is 10.1 Å². The molecule has 2 aliphatic rings. The lowest BCUT2D eigenvalue weighted by Crippen LogP contribution is -2.39. The fourth-order valence-electron chi connectivity index (χ4n) is 5.50. The summed E-state index contributed by atoms with van der Waals surface area (Å²) >= 11 is 0. The second-order valence-corrected chi connectivity index (χ2v) is 11.0. The number of methoxy groups -OCH3 is 1. The minimum atomic E-state index is -0.128. The van der Waals surface area contributed by atoms with Gasteiger partial charge in [0.05, 0.1) is 19.4 Å². The molecule has 1 N–H and O–H groups in total. The number of anilines is 1. The number of hydrogen-bond acceptors (Lipinski definition) is 9. The van der Waals surface area contributed by atoms with Crippen LogP contribution < -0.4 is 19.7 Å². The minimum absolute atomic E-state index is 0.128. The van der Waals surface area contributed by atoms with Crippen LogP contribution in [0.4, 0.5) is 5.95 Å². The van der Waals surface area contributed by atoms with Gasteiger partial charge in [0, 0.05) is 62.4 Å². The first-order valence-corrected chi connectivity index (χ1v) is 14.9. The lowest BCUT2D eigenvalue weighted by Gasteiger charge is -2.32. The van der Waals surface area contributed by atoms with Crippen LogP contribution in [0.5, 0.6) is 11.5 Å². The van der Waals surface area contributed by atoms with Gasteiger partial charge in [-0.25, -0.2) is 14.6 Å². The Labute approximate surface area is 251 Å². The second-order valence-electron chi connectivity index (χ2n) is 11.0. The Kier molecular flexibility index (Phi) is 9.07. The molecule has 0 aliphatic carbocycles. The molecule has 0 atom stereocenters. The summed E-state index contributed by atoms with van der Waals surface area (Å²) in [5.74, 6) is 3.25. The molecule has 43 heavy (non-hydrogen) atoms. The number of nitrogens with one attached hydrogen (secondary N) is 1. The van der Waals surface area contributed by atoms with Gasteiger partial charge in [-0.05, 0) is 67.9 Å². The van der Waals surface area contributed by atoms with E-state index in [-0.39, 0.29) is 5.91 Å². The summed E-state index contributed by atoms with van der Waals surface area (Å²) in [7, 11) is 1.60. The predicted molar refractivity (Wildman–Crippen MR) is 162 cm³/mol. The van der Waals surface area contributed by atoms with Crippen molar-refractivity contribution in [3.63, 3.8) is 0 Å². The van der Waals surface area contributed by atoms with Gasteiger partial charge < -0.3 is 24.4 Å². The van der Waals surface area contributed by atoms with Gasteiger partial charge in [0.2, 0.25) is 5.95 Å². The molecule has 2 saturated heterocycles. The number of carbonyl (C=O) groups is 1. The molecule has 0 radical (unpaired) electrons. The topological polar surface area (TPSA) is 117 Å². The minimum Gasteiger partial charge on any atom is -0.497 e. The van der Waals surface area contributed by atoms with Crippen LogP contribution in [0.3, 0.4) is 0 Å². The van der Waals surface area contributed by atoms with Crippen molar-refractivity contribution in [3.05, 3.63) is 72.8 Å². The highest BCUT2D eigenvalue weighted by atomic mass is 16.5. The molecule has 11 nitrogen and oxygen atoms in total. The molecule has 0 unspecified atom stereocenters. The summed E-state index contributed by atoms with van der Waals surface area (Å²) in [6.45, 7) is 4.37. The molecule has 224 valence electrons. The molecule has 1 amide bonds. The Morgan fingerprint density at radius 2 is 1.84 bits per heavy atom. The van der Waals surface area contributed by atoms with Crippen molar-refractivity contribution in [1.29, 1.82) is 0 Å². The molecule has 2 fully saturated rings.